The largest absolute Gasteiger partial charge is 0.481 e. The molecule has 0 aromatic carbocycles. The van der Waals surface area contributed by atoms with E-state index in [4.69, 9.17) is 14.5 Å². The molecule has 3 rings (SSSR count). The van der Waals surface area contributed by atoms with Gasteiger partial charge in [-0.15, -0.1) is 0 Å². The van der Waals surface area contributed by atoms with Crippen LogP contribution in [0.15, 0.2) is 36.8 Å². The number of hydrogen-bond acceptors (Lipinski definition) is 6. The second kappa shape index (κ2) is 8.69. The van der Waals surface area contributed by atoms with E-state index in [9.17, 15) is 4.79 Å². The highest BCUT2D eigenvalue weighted by atomic mass is 16.6. The van der Waals surface area contributed by atoms with Crippen molar-refractivity contribution in [3.05, 3.63) is 42.5 Å². The van der Waals surface area contributed by atoms with Gasteiger partial charge < -0.3 is 14.4 Å². The summed E-state index contributed by atoms with van der Waals surface area (Å²) in [7, 11) is 3.34. The fourth-order valence-corrected chi connectivity index (χ4v) is 2.87. The SMILES string of the molecule is COc1ncccc1-c1cnn2ccc(CCCN(C)C(=O)OC(C)C)nc12. The third-order valence-corrected chi connectivity index (χ3v) is 4.26. The standard InChI is InChI=1S/C20H25N5O3/c1-14(2)28-20(26)24(3)11-6-7-15-9-12-25-18(23-15)17(13-22-25)16-8-5-10-21-19(16)27-4/h5,8-10,12-14H,6-7,11H2,1-4H3. The molecule has 0 aliphatic carbocycles. The fourth-order valence-electron chi connectivity index (χ4n) is 2.87. The Bertz CT molecular complexity index is 954. The number of ether oxygens (including phenoxy) is 2. The summed E-state index contributed by atoms with van der Waals surface area (Å²) in [6.07, 6.45) is 6.44. The zero-order chi connectivity index (χ0) is 20.1. The van der Waals surface area contributed by atoms with Crippen molar-refractivity contribution in [2.75, 3.05) is 20.7 Å². The smallest absolute Gasteiger partial charge is 0.409 e. The average Bonchev–Trinajstić information content (AvgIpc) is 3.10. The molecule has 0 unspecified atom stereocenters. The lowest BCUT2D eigenvalue weighted by Crippen LogP contribution is -2.30. The first kappa shape index (κ1) is 19.6. The molecule has 0 saturated heterocycles. The highest BCUT2D eigenvalue weighted by molar-refractivity contribution is 5.80. The van der Waals surface area contributed by atoms with Crippen LogP contribution in [0.5, 0.6) is 5.88 Å². The number of aromatic nitrogens is 4. The van der Waals surface area contributed by atoms with Gasteiger partial charge >= 0.3 is 6.09 Å². The second-order valence-electron chi connectivity index (χ2n) is 6.76. The summed E-state index contributed by atoms with van der Waals surface area (Å²) in [6.45, 7) is 4.28. The monoisotopic (exact) mass is 383 g/mol. The molecular formula is C20H25N5O3. The Morgan fingerprint density at radius 3 is 2.86 bits per heavy atom. The lowest BCUT2D eigenvalue weighted by molar-refractivity contribution is 0.0838. The van der Waals surface area contributed by atoms with E-state index in [1.807, 2.05) is 38.2 Å². The number of fused-ring (bicyclic) bond motifs is 1. The van der Waals surface area contributed by atoms with Crippen LogP contribution < -0.4 is 4.74 Å². The lowest BCUT2D eigenvalue weighted by atomic mass is 10.1. The van der Waals surface area contributed by atoms with Crippen molar-refractivity contribution < 1.29 is 14.3 Å². The molecule has 8 heteroatoms. The third-order valence-electron chi connectivity index (χ3n) is 4.26. The molecule has 0 aliphatic rings. The van der Waals surface area contributed by atoms with Crippen molar-refractivity contribution in [3.8, 4) is 17.0 Å². The van der Waals surface area contributed by atoms with Crippen LogP contribution in [-0.2, 0) is 11.2 Å². The molecule has 0 atom stereocenters. The molecule has 8 nitrogen and oxygen atoms in total. The first-order valence-electron chi connectivity index (χ1n) is 9.24. The number of methoxy groups -OCH3 is 1. The van der Waals surface area contributed by atoms with Gasteiger partial charge in [-0.05, 0) is 44.9 Å². The van der Waals surface area contributed by atoms with E-state index in [-0.39, 0.29) is 12.2 Å². The first-order valence-corrected chi connectivity index (χ1v) is 9.24. The van der Waals surface area contributed by atoms with Gasteiger partial charge in [0.15, 0.2) is 5.65 Å². The Kier molecular flexibility index (Phi) is 6.08. The van der Waals surface area contributed by atoms with Gasteiger partial charge in [-0.3, -0.25) is 0 Å². The Hall–Kier alpha value is -3.16. The maximum absolute atomic E-state index is 11.9. The predicted molar refractivity (Wildman–Crippen MR) is 105 cm³/mol. The van der Waals surface area contributed by atoms with Crippen LogP contribution in [0.25, 0.3) is 16.8 Å². The molecule has 0 bridgehead atoms. The number of pyridine rings is 1. The Balaban J connectivity index is 1.73. The van der Waals surface area contributed by atoms with Crippen molar-refractivity contribution in [1.29, 1.82) is 0 Å². The van der Waals surface area contributed by atoms with Crippen LogP contribution >= 0.6 is 0 Å². The summed E-state index contributed by atoms with van der Waals surface area (Å²) in [4.78, 5) is 22.5. The summed E-state index contributed by atoms with van der Waals surface area (Å²) < 4.78 is 12.3. The zero-order valence-corrected chi connectivity index (χ0v) is 16.6. The van der Waals surface area contributed by atoms with E-state index < -0.39 is 0 Å². The molecule has 0 spiro atoms. The van der Waals surface area contributed by atoms with Crippen LogP contribution in [0.3, 0.4) is 0 Å². The molecule has 3 aromatic heterocycles. The average molecular weight is 383 g/mol. The van der Waals surface area contributed by atoms with Crippen LogP contribution in [0, 0.1) is 0 Å². The van der Waals surface area contributed by atoms with E-state index in [0.29, 0.717) is 12.4 Å². The summed E-state index contributed by atoms with van der Waals surface area (Å²) in [5, 5.41) is 4.37. The normalized spacial score (nSPS) is 11.0. The molecule has 0 N–H and O–H groups in total. The number of amides is 1. The summed E-state index contributed by atoms with van der Waals surface area (Å²) in [6, 6.07) is 5.74. The summed E-state index contributed by atoms with van der Waals surface area (Å²) >= 11 is 0. The number of aryl methyl sites for hydroxylation is 1. The highest BCUT2D eigenvalue weighted by Gasteiger charge is 2.15. The molecule has 1 amide bonds. The maximum Gasteiger partial charge on any atom is 0.409 e. The number of rotatable bonds is 7. The Morgan fingerprint density at radius 1 is 1.29 bits per heavy atom. The van der Waals surface area contributed by atoms with E-state index in [1.54, 1.807) is 36.0 Å². The number of nitrogens with zero attached hydrogens (tertiary/aromatic N) is 5. The lowest BCUT2D eigenvalue weighted by Gasteiger charge is -2.18. The molecule has 3 aromatic rings. The van der Waals surface area contributed by atoms with Crippen LogP contribution in [0.2, 0.25) is 0 Å². The quantitative estimate of drug-likeness (QED) is 0.623. The molecule has 0 fully saturated rings. The van der Waals surface area contributed by atoms with E-state index >= 15 is 0 Å². The van der Waals surface area contributed by atoms with E-state index in [1.165, 1.54) is 0 Å². The van der Waals surface area contributed by atoms with E-state index in [0.717, 1.165) is 35.3 Å². The van der Waals surface area contributed by atoms with Crippen molar-refractivity contribution >= 4 is 11.7 Å². The Labute approximate surface area is 164 Å². The van der Waals surface area contributed by atoms with Gasteiger partial charge in [0.2, 0.25) is 5.88 Å². The maximum atomic E-state index is 11.9. The minimum Gasteiger partial charge on any atom is -0.481 e. The van der Waals surface area contributed by atoms with Crippen LogP contribution in [0.4, 0.5) is 4.79 Å². The number of hydrogen-bond donors (Lipinski definition) is 0. The number of carbonyl (C=O) groups is 1. The molecule has 0 aliphatic heterocycles. The van der Waals surface area contributed by atoms with Gasteiger partial charge in [-0.25, -0.2) is 19.3 Å². The first-order chi connectivity index (χ1) is 13.5. The molecule has 28 heavy (non-hydrogen) atoms. The molecule has 148 valence electrons. The Morgan fingerprint density at radius 2 is 2.11 bits per heavy atom. The van der Waals surface area contributed by atoms with Crippen molar-refractivity contribution in [2.24, 2.45) is 0 Å². The van der Waals surface area contributed by atoms with Crippen LogP contribution in [-0.4, -0.2) is 57.4 Å². The van der Waals surface area contributed by atoms with Gasteiger partial charge in [0.05, 0.1) is 25.0 Å². The second-order valence-corrected chi connectivity index (χ2v) is 6.76. The van der Waals surface area contributed by atoms with Crippen LogP contribution in [0.1, 0.15) is 26.0 Å². The molecule has 0 saturated carbocycles. The molecular weight excluding hydrogens is 358 g/mol. The van der Waals surface area contributed by atoms with Crippen molar-refractivity contribution in [2.45, 2.75) is 32.8 Å². The molecule has 3 heterocycles. The minimum atomic E-state index is -0.305. The summed E-state index contributed by atoms with van der Waals surface area (Å²) in [5.41, 5.74) is 3.39. The fraction of sp³-hybridized carbons (Fsp3) is 0.400. The topological polar surface area (TPSA) is 81.9 Å². The highest BCUT2D eigenvalue weighted by Crippen LogP contribution is 2.30. The zero-order valence-electron chi connectivity index (χ0n) is 16.6. The van der Waals surface area contributed by atoms with Gasteiger partial charge in [0.25, 0.3) is 0 Å². The van der Waals surface area contributed by atoms with Gasteiger partial charge in [0.1, 0.15) is 0 Å². The molecule has 0 radical (unpaired) electrons. The van der Waals surface area contributed by atoms with Crippen molar-refractivity contribution in [1.82, 2.24) is 24.5 Å². The van der Waals surface area contributed by atoms with E-state index in [2.05, 4.69) is 10.1 Å². The van der Waals surface area contributed by atoms with Crippen molar-refractivity contribution in [3.63, 3.8) is 0 Å². The number of carbonyl (C=O) groups excluding carboxylic acids is 1. The van der Waals surface area contributed by atoms with Gasteiger partial charge in [-0.2, -0.15) is 5.10 Å². The predicted octanol–water partition coefficient (Wildman–Crippen LogP) is 3.21. The summed E-state index contributed by atoms with van der Waals surface area (Å²) in [5.74, 6) is 0.537. The van der Waals surface area contributed by atoms with Gasteiger partial charge in [0, 0.05) is 37.2 Å². The minimum absolute atomic E-state index is 0.122. The van der Waals surface area contributed by atoms with Gasteiger partial charge in [-0.1, -0.05) is 0 Å². The third kappa shape index (κ3) is 4.39.